The molecule has 70 valence electrons. The van der Waals surface area contributed by atoms with Crippen LogP contribution < -0.4 is 0 Å². The Morgan fingerprint density at radius 3 is 2.42 bits per heavy atom. The molecule has 0 aliphatic heterocycles. The average Bonchev–Trinajstić information content (AvgIpc) is 2.80. The van der Waals surface area contributed by atoms with Crippen molar-refractivity contribution in [3.63, 3.8) is 0 Å². The Hall–Kier alpha value is -0.0400. The average molecular weight is 168 g/mol. The van der Waals surface area contributed by atoms with Gasteiger partial charge in [-0.1, -0.05) is 26.2 Å². The maximum Gasteiger partial charge on any atom is 0.0638 e. The van der Waals surface area contributed by atoms with Crippen molar-refractivity contribution in [1.29, 1.82) is 0 Å². The molecule has 2 rings (SSSR count). The van der Waals surface area contributed by atoms with Gasteiger partial charge in [0.1, 0.15) is 0 Å². The Morgan fingerprint density at radius 1 is 1.17 bits per heavy atom. The molecule has 2 saturated carbocycles. The lowest BCUT2D eigenvalue weighted by atomic mass is 10.0. The van der Waals surface area contributed by atoms with E-state index in [0.29, 0.717) is 6.10 Å². The van der Waals surface area contributed by atoms with Gasteiger partial charge in [-0.2, -0.15) is 0 Å². The van der Waals surface area contributed by atoms with Gasteiger partial charge in [-0.25, -0.2) is 0 Å². The zero-order valence-electron chi connectivity index (χ0n) is 8.09. The minimum absolute atomic E-state index is 0.680. The third kappa shape index (κ3) is 1.66. The number of unbranched alkanes of at least 4 members (excludes halogenated alkanes) is 1. The van der Waals surface area contributed by atoms with E-state index < -0.39 is 0 Å². The van der Waals surface area contributed by atoms with Crippen molar-refractivity contribution in [1.82, 2.24) is 0 Å². The predicted molar refractivity (Wildman–Crippen MR) is 50.1 cm³/mol. The van der Waals surface area contributed by atoms with E-state index in [1.807, 2.05) is 0 Å². The molecule has 0 aromatic rings. The molecular formula is C11H20O. The monoisotopic (exact) mass is 168 g/mol. The van der Waals surface area contributed by atoms with Gasteiger partial charge in [0.2, 0.25) is 0 Å². The fourth-order valence-corrected chi connectivity index (χ4v) is 2.54. The molecule has 2 unspecified atom stereocenters. The fourth-order valence-electron chi connectivity index (χ4n) is 2.54. The predicted octanol–water partition coefficient (Wildman–Crippen LogP) is 2.99. The van der Waals surface area contributed by atoms with E-state index >= 15 is 0 Å². The summed E-state index contributed by atoms with van der Waals surface area (Å²) in [5, 5.41) is 0. The first kappa shape index (κ1) is 8.55. The molecule has 2 fully saturated rings. The molecule has 0 heterocycles. The number of hydrogen-bond donors (Lipinski definition) is 0. The molecule has 12 heavy (non-hydrogen) atoms. The number of rotatable bonds is 4. The molecule has 0 saturated heterocycles. The highest BCUT2D eigenvalue weighted by atomic mass is 16.5. The number of ether oxygens (including phenoxy) is 1. The smallest absolute Gasteiger partial charge is 0.0638 e. The third-order valence-electron chi connectivity index (χ3n) is 3.39. The van der Waals surface area contributed by atoms with Crippen molar-refractivity contribution in [3.8, 4) is 0 Å². The first-order valence-electron chi connectivity index (χ1n) is 5.55. The first-order valence-corrected chi connectivity index (χ1v) is 5.55. The quantitative estimate of drug-likeness (QED) is 0.586. The lowest BCUT2D eigenvalue weighted by Gasteiger charge is -2.04. The molecule has 0 aromatic heterocycles. The molecule has 0 aromatic carbocycles. The zero-order valence-corrected chi connectivity index (χ0v) is 8.09. The highest BCUT2D eigenvalue weighted by Crippen LogP contribution is 2.51. The van der Waals surface area contributed by atoms with Crippen molar-refractivity contribution < 1.29 is 4.74 Å². The molecule has 0 bridgehead atoms. The molecule has 0 spiro atoms. The summed E-state index contributed by atoms with van der Waals surface area (Å²) in [7, 11) is 0. The van der Waals surface area contributed by atoms with Crippen molar-refractivity contribution in [2.45, 2.75) is 51.6 Å². The standard InChI is InChI=1S/C11H20O/c1-2-3-8-12-11-9-6-4-5-7-10(9)11/h9-11H,2-8H2,1H3. The van der Waals surface area contributed by atoms with Crippen LogP contribution in [0.15, 0.2) is 0 Å². The Kier molecular flexibility index (Phi) is 2.69. The van der Waals surface area contributed by atoms with E-state index in [2.05, 4.69) is 6.92 Å². The molecule has 0 amide bonds. The topological polar surface area (TPSA) is 9.23 Å². The minimum atomic E-state index is 0.680. The first-order chi connectivity index (χ1) is 5.93. The van der Waals surface area contributed by atoms with Gasteiger partial charge in [-0.05, 0) is 31.1 Å². The summed E-state index contributed by atoms with van der Waals surface area (Å²) in [6.45, 7) is 3.23. The summed E-state index contributed by atoms with van der Waals surface area (Å²) in [6, 6.07) is 0. The van der Waals surface area contributed by atoms with Gasteiger partial charge >= 0.3 is 0 Å². The van der Waals surface area contributed by atoms with E-state index in [4.69, 9.17) is 4.74 Å². The molecule has 1 heteroatoms. The minimum Gasteiger partial charge on any atom is -0.378 e. The van der Waals surface area contributed by atoms with E-state index in [-0.39, 0.29) is 0 Å². The van der Waals surface area contributed by atoms with Crippen molar-refractivity contribution in [2.75, 3.05) is 6.61 Å². The second-order valence-electron chi connectivity index (χ2n) is 4.30. The van der Waals surface area contributed by atoms with Gasteiger partial charge in [0.15, 0.2) is 0 Å². The van der Waals surface area contributed by atoms with Crippen LogP contribution in [0.4, 0.5) is 0 Å². The van der Waals surface area contributed by atoms with Gasteiger partial charge < -0.3 is 4.74 Å². The summed E-state index contributed by atoms with van der Waals surface area (Å²) in [4.78, 5) is 0. The summed E-state index contributed by atoms with van der Waals surface area (Å²) in [5.41, 5.74) is 0. The SMILES string of the molecule is CCCCOC1C2CCCCC21. The van der Waals surface area contributed by atoms with Crippen molar-refractivity contribution >= 4 is 0 Å². The van der Waals surface area contributed by atoms with Crippen LogP contribution in [0.5, 0.6) is 0 Å². The van der Waals surface area contributed by atoms with Gasteiger partial charge in [-0.15, -0.1) is 0 Å². The lowest BCUT2D eigenvalue weighted by Crippen LogP contribution is -1.99. The Morgan fingerprint density at radius 2 is 1.83 bits per heavy atom. The Balaban J connectivity index is 1.64. The second-order valence-corrected chi connectivity index (χ2v) is 4.30. The molecule has 1 nitrogen and oxygen atoms in total. The summed E-state index contributed by atoms with van der Waals surface area (Å²) in [6.07, 6.45) is 8.99. The molecule has 2 aliphatic rings. The second kappa shape index (κ2) is 3.78. The van der Waals surface area contributed by atoms with Crippen LogP contribution in [-0.2, 0) is 4.74 Å². The highest BCUT2D eigenvalue weighted by molar-refractivity contribution is 5.00. The molecule has 2 aliphatic carbocycles. The Bertz CT molecular complexity index is 132. The third-order valence-corrected chi connectivity index (χ3v) is 3.39. The van der Waals surface area contributed by atoms with Crippen LogP contribution >= 0.6 is 0 Å². The summed E-state index contributed by atoms with van der Waals surface area (Å²) >= 11 is 0. The van der Waals surface area contributed by atoms with E-state index in [1.54, 1.807) is 0 Å². The zero-order chi connectivity index (χ0) is 8.39. The van der Waals surface area contributed by atoms with Crippen LogP contribution in [0, 0.1) is 11.8 Å². The Labute approximate surface area is 75.5 Å². The molecule has 2 atom stereocenters. The van der Waals surface area contributed by atoms with Gasteiger partial charge in [0.25, 0.3) is 0 Å². The van der Waals surface area contributed by atoms with E-state index in [1.165, 1.54) is 38.5 Å². The number of hydrogen-bond acceptors (Lipinski definition) is 1. The van der Waals surface area contributed by atoms with Gasteiger partial charge in [-0.3, -0.25) is 0 Å². The molecular weight excluding hydrogens is 148 g/mol. The van der Waals surface area contributed by atoms with Crippen LogP contribution in [0.3, 0.4) is 0 Å². The van der Waals surface area contributed by atoms with Crippen LogP contribution in [0.25, 0.3) is 0 Å². The normalized spacial score (nSPS) is 39.2. The summed E-state index contributed by atoms with van der Waals surface area (Å²) in [5.74, 6) is 1.94. The largest absolute Gasteiger partial charge is 0.378 e. The van der Waals surface area contributed by atoms with Gasteiger partial charge in [0, 0.05) is 6.61 Å². The highest BCUT2D eigenvalue weighted by Gasteiger charge is 2.51. The van der Waals surface area contributed by atoms with E-state index in [9.17, 15) is 0 Å². The van der Waals surface area contributed by atoms with Crippen LogP contribution in [0.1, 0.15) is 45.4 Å². The lowest BCUT2D eigenvalue weighted by molar-refractivity contribution is 0.0989. The van der Waals surface area contributed by atoms with Crippen molar-refractivity contribution in [2.24, 2.45) is 11.8 Å². The maximum absolute atomic E-state index is 5.84. The van der Waals surface area contributed by atoms with Crippen LogP contribution in [0.2, 0.25) is 0 Å². The van der Waals surface area contributed by atoms with Crippen LogP contribution in [-0.4, -0.2) is 12.7 Å². The molecule has 0 radical (unpaired) electrons. The van der Waals surface area contributed by atoms with E-state index in [0.717, 1.165) is 18.4 Å². The van der Waals surface area contributed by atoms with Gasteiger partial charge in [0.05, 0.1) is 6.10 Å². The summed E-state index contributed by atoms with van der Waals surface area (Å²) < 4.78 is 5.84. The maximum atomic E-state index is 5.84. The van der Waals surface area contributed by atoms with Crippen molar-refractivity contribution in [3.05, 3.63) is 0 Å². The number of fused-ring (bicyclic) bond motifs is 1. The molecule has 0 N–H and O–H groups in total. The fraction of sp³-hybridized carbons (Fsp3) is 1.00.